The van der Waals surface area contributed by atoms with Gasteiger partial charge in [-0.3, -0.25) is 9.52 Å². The Bertz CT molecular complexity index is 1650. The van der Waals surface area contributed by atoms with Crippen molar-refractivity contribution in [3.63, 3.8) is 0 Å². The Kier molecular flexibility index (Phi) is 7.53. The van der Waals surface area contributed by atoms with Crippen LogP contribution in [-0.4, -0.2) is 73.9 Å². The zero-order valence-corrected chi connectivity index (χ0v) is 24.5. The second-order valence-corrected chi connectivity index (χ2v) is 13.7. The van der Waals surface area contributed by atoms with Gasteiger partial charge in [-0.25, -0.2) is 27.2 Å². The molecule has 3 heterocycles. The molecule has 0 bridgehead atoms. The van der Waals surface area contributed by atoms with Crippen LogP contribution in [0.1, 0.15) is 48.9 Å². The highest BCUT2D eigenvalue weighted by atomic mass is 32.2. The number of halogens is 2. The number of aliphatic hydroxyl groups excluding tert-OH is 1. The van der Waals surface area contributed by atoms with Crippen LogP contribution in [0.15, 0.2) is 36.5 Å². The molecule has 0 atom stereocenters. The lowest BCUT2D eigenvalue weighted by Crippen LogP contribution is -2.39. The molecule has 11 nitrogen and oxygen atoms in total. The fourth-order valence-corrected chi connectivity index (χ4v) is 6.85. The van der Waals surface area contributed by atoms with Gasteiger partial charge in [0.15, 0.2) is 0 Å². The Morgan fingerprint density at radius 1 is 0.953 bits per heavy atom. The number of amides is 1. The van der Waals surface area contributed by atoms with Crippen molar-refractivity contribution in [2.75, 3.05) is 64.1 Å². The number of carbonyl (C=O) groups is 1. The van der Waals surface area contributed by atoms with Crippen molar-refractivity contribution in [3.8, 4) is 0 Å². The van der Waals surface area contributed by atoms with Gasteiger partial charge in [0, 0.05) is 56.3 Å². The molecule has 1 saturated carbocycles. The molecule has 43 heavy (non-hydrogen) atoms. The van der Waals surface area contributed by atoms with E-state index in [-0.39, 0.29) is 31.9 Å². The molecule has 3 aliphatic rings. The Morgan fingerprint density at radius 2 is 1.60 bits per heavy atom. The Balaban J connectivity index is 1.32. The van der Waals surface area contributed by atoms with Gasteiger partial charge in [-0.2, -0.15) is 0 Å². The van der Waals surface area contributed by atoms with E-state index in [1.165, 1.54) is 25.1 Å². The number of fused-ring (bicyclic) bond motifs is 1. The Labute approximate surface area is 248 Å². The van der Waals surface area contributed by atoms with Crippen molar-refractivity contribution < 1.29 is 27.1 Å². The van der Waals surface area contributed by atoms with Crippen molar-refractivity contribution in [3.05, 3.63) is 42.1 Å². The number of sulfonamides is 1. The van der Waals surface area contributed by atoms with Crippen LogP contribution in [0.5, 0.6) is 0 Å². The lowest BCUT2D eigenvalue weighted by atomic mass is 9.93. The van der Waals surface area contributed by atoms with E-state index in [9.17, 15) is 22.0 Å². The summed E-state index contributed by atoms with van der Waals surface area (Å²) in [6.07, 6.45) is 5.38. The van der Waals surface area contributed by atoms with Crippen LogP contribution >= 0.6 is 0 Å². The van der Waals surface area contributed by atoms with Gasteiger partial charge in [0.25, 0.3) is 11.8 Å². The number of nitrogens with zero attached hydrogens (tertiary/aromatic N) is 4. The van der Waals surface area contributed by atoms with E-state index in [0.717, 1.165) is 25.9 Å². The van der Waals surface area contributed by atoms with Gasteiger partial charge in [0.1, 0.15) is 0 Å². The van der Waals surface area contributed by atoms with Gasteiger partial charge < -0.3 is 26.0 Å². The number of aromatic nitrogens is 2. The number of hydrogen-bond acceptors (Lipinski definition) is 9. The number of alkyl halides is 2. The highest BCUT2D eigenvalue weighted by Crippen LogP contribution is 2.54. The third kappa shape index (κ3) is 6.44. The lowest BCUT2D eigenvalue weighted by Gasteiger charge is -2.35. The van der Waals surface area contributed by atoms with Gasteiger partial charge in [0.05, 0.1) is 40.5 Å². The summed E-state index contributed by atoms with van der Waals surface area (Å²) in [5, 5.41) is 12.7. The molecule has 14 heteroatoms. The molecular weight excluding hydrogens is 580 g/mol. The first kappa shape index (κ1) is 29.3. The van der Waals surface area contributed by atoms with Crippen LogP contribution in [0.2, 0.25) is 0 Å². The van der Waals surface area contributed by atoms with E-state index >= 15 is 0 Å². The average Bonchev–Trinajstić information content (AvgIpc) is 3.71. The van der Waals surface area contributed by atoms with Gasteiger partial charge in [0.2, 0.25) is 16.0 Å². The number of hydrogen-bond donors (Lipinski definition) is 4. The summed E-state index contributed by atoms with van der Waals surface area (Å²) in [7, 11) is -3.76. The maximum absolute atomic E-state index is 13.9. The number of nitrogens with two attached hydrogens (primary N) is 1. The molecule has 1 aromatic heterocycles. The van der Waals surface area contributed by atoms with Crippen molar-refractivity contribution >= 4 is 55.5 Å². The van der Waals surface area contributed by atoms with E-state index < -0.39 is 34.2 Å². The highest BCUT2D eigenvalue weighted by Gasteiger charge is 2.44. The second-order valence-electron chi connectivity index (χ2n) is 11.8. The third-order valence-electron chi connectivity index (χ3n) is 8.77. The summed E-state index contributed by atoms with van der Waals surface area (Å²) in [5.41, 5.74) is 9.04. The van der Waals surface area contributed by atoms with Gasteiger partial charge in [-0.05, 0) is 61.4 Å². The van der Waals surface area contributed by atoms with E-state index in [4.69, 9.17) is 10.8 Å². The summed E-state index contributed by atoms with van der Waals surface area (Å²) in [6, 6.07) is 8.19. The minimum atomic E-state index is -3.76. The highest BCUT2D eigenvalue weighted by molar-refractivity contribution is 7.92. The Morgan fingerprint density at radius 3 is 2.28 bits per heavy atom. The van der Waals surface area contributed by atoms with E-state index in [2.05, 4.69) is 24.9 Å². The van der Waals surface area contributed by atoms with E-state index in [1.54, 1.807) is 24.3 Å². The normalized spacial score (nSPS) is 19.4. The molecular formula is C29H35F2N7O4S. The lowest BCUT2D eigenvalue weighted by molar-refractivity contribution is -0.0220. The number of rotatable bonds is 8. The number of piperidine rings is 2. The fraction of sp³-hybridized carbons (Fsp3) is 0.483. The molecule has 6 rings (SSSR count). The monoisotopic (exact) mass is 615 g/mol. The van der Waals surface area contributed by atoms with Crippen molar-refractivity contribution in [1.82, 2.24) is 9.97 Å². The molecule has 2 saturated heterocycles. The largest absolute Gasteiger partial charge is 0.395 e. The number of benzene rings is 2. The number of aliphatic hydroxyl groups is 1. The predicted molar refractivity (Wildman–Crippen MR) is 162 cm³/mol. The second kappa shape index (κ2) is 11.1. The van der Waals surface area contributed by atoms with Crippen LogP contribution in [0.25, 0.3) is 10.9 Å². The SMILES string of the molecule is Nc1ncc2cc(NC(=O)c3ccc(NS(=O)(=O)CCO)cc3N3CCC4(CC3)CC4)cc(N3CCC(F)(F)CC3)c2n1. The molecule has 1 aliphatic carbocycles. The molecule has 3 fully saturated rings. The molecule has 230 valence electrons. The minimum absolute atomic E-state index is 0.0572. The fourth-order valence-electron chi connectivity index (χ4n) is 6.03. The van der Waals surface area contributed by atoms with Crippen LogP contribution in [0, 0.1) is 5.41 Å². The molecule has 0 radical (unpaired) electrons. The van der Waals surface area contributed by atoms with Crippen LogP contribution in [0.4, 0.5) is 37.5 Å². The van der Waals surface area contributed by atoms with Gasteiger partial charge in [-0.1, -0.05) is 0 Å². The first-order valence-electron chi connectivity index (χ1n) is 14.5. The number of anilines is 5. The quantitative estimate of drug-likeness (QED) is 0.296. The van der Waals surface area contributed by atoms with Crippen molar-refractivity contribution in [2.45, 2.75) is 44.4 Å². The summed E-state index contributed by atoms with van der Waals surface area (Å²) in [4.78, 5) is 26.2. The minimum Gasteiger partial charge on any atom is -0.395 e. The molecule has 5 N–H and O–H groups in total. The van der Waals surface area contributed by atoms with Crippen molar-refractivity contribution in [1.29, 1.82) is 0 Å². The summed E-state index contributed by atoms with van der Waals surface area (Å²) in [6.45, 7) is 1.22. The average molecular weight is 616 g/mol. The molecule has 1 amide bonds. The molecule has 1 spiro atoms. The number of carbonyl (C=O) groups excluding carboxylic acids is 1. The first-order valence-corrected chi connectivity index (χ1v) is 16.1. The van der Waals surface area contributed by atoms with Crippen LogP contribution < -0.4 is 25.6 Å². The number of nitrogens with one attached hydrogen (secondary N) is 2. The molecule has 0 unspecified atom stereocenters. The molecule has 3 aromatic rings. The van der Waals surface area contributed by atoms with E-state index in [1.807, 2.05) is 4.90 Å². The van der Waals surface area contributed by atoms with Crippen LogP contribution in [0.3, 0.4) is 0 Å². The summed E-state index contributed by atoms with van der Waals surface area (Å²) < 4.78 is 55.0. The van der Waals surface area contributed by atoms with Gasteiger partial charge >= 0.3 is 0 Å². The Hall–Kier alpha value is -3.78. The van der Waals surface area contributed by atoms with Gasteiger partial charge in [-0.15, -0.1) is 0 Å². The van der Waals surface area contributed by atoms with Crippen molar-refractivity contribution in [2.24, 2.45) is 5.41 Å². The smallest absolute Gasteiger partial charge is 0.257 e. The third-order valence-corrected chi connectivity index (χ3v) is 10.0. The topological polar surface area (TPSA) is 154 Å². The molecule has 2 aromatic carbocycles. The molecule has 2 aliphatic heterocycles. The zero-order valence-electron chi connectivity index (χ0n) is 23.7. The standard InChI is InChI=1S/C29H35F2N7O4S/c30-29(31)7-11-38(12-8-29)24-17-21(15-19-18-33-27(32)35-25(19)24)34-26(40)22-2-1-20(36-43(41,42)14-13-39)16-23(22)37-9-5-28(3-4-28)6-10-37/h1-2,15-18,36,39H,3-14H2,(H,34,40)(H2,32,33,35). The number of nitrogen functional groups attached to an aromatic ring is 1. The summed E-state index contributed by atoms with van der Waals surface area (Å²) in [5.74, 6) is -3.51. The maximum Gasteiger partial charge on any atom is 0.257 e. The predicted octanol–water partition coefficient (Wildman–Crippen LogP) is 3.81. The van der Waals surface area contributed by atoms with Crippen LogP contribution in [-0.2, 0) is 10.0 Å². The first-order chi connectivity index (χ1) is 20.4. The summed E-state index contributed by atoms with van der Waals surface area (Å²) >= 11 is 0. The van der Waals surface area contributed by atoms with E-state index in [0.29, 0.717) is 44.6 Å². The zero-order chi connectivity index (χ0) is 30.4. The maximum atomic E-state index is 13.9.